The van der Waals surface area contributed by atoms with Gasteiger partial charge in [0, 0.05) is 0 Å². The Morgan fingerprint density at radius 2 is 1.73 bits per heavy atom. The van der Waals surface area contributed by atoms with Crippen LogP contribution < -0.4 is 19.9 Å². The number of aliphatic imine (C=N–C) groups is 1. The molecule has 0 unspecified atom stereocenters. The molecule has 2 aromatic rings. The van der Waals surface area contributed by atoms with Gasteiger partial charge in [0.1, 0.15) is 19.0 Å². The molecular weight excluding hydrogens is 352 g/mol. The van der Waals surface area contributed by atoms with Crippen molar-refractivity contribution in [1.82, 2.24) is 0 Å². The molecule has 0 fully saturated rings. The number of ether oxygens (including phenoxy) is 3. The van der Waals surface area contributed by atoms with E-state index in [-0.39, 0.29) is 11.1 Å². The van der Waals surface area contributed by atoms with E-state index in [4.69, 9.17) is 19.9 Å². The van der Waals surface area contributed by atoms with Crippen molar-refractivity contribution in [2.45, 2.75) is 0 Å². The number of benzene rings is 2. The predicted octanol–water partition coefficient (Wildman–Crippen LogP) is 3.08. The molecule has 1 aliphatic rings. The maximum absolute atomic E-state index is 11.6. The molecule has 1 amide bonds. The highest BCUT2D eigenvalue weighted by Gasteiger charge is 2.19. The van der Waals surface area contributed by atoms with Crippen LogP contribution in [0.3, 0.4) is 0 Å². The van der Waals surface area contributed by atoms with Gasteiger partial charge < -0.3 is 19.9 Å². The topological polar surface area (TPSA) is 83.1 Å². The zero-order valence-corrected chi connectivity index (χ0v) is 15.0. The van der Waals surface area contributed by atoms with Crippen LogP contribution in [0.4, 0.5) is 0 Å². The molecule has 1 aliphatic heterocycles. The molecule has 6 nitrogen and oxygen atoms in total. The summed E-state index contributed by atoms with van der Waals surface area (Å²) in [6.07, 6.45) is 1.75. The van der Waals surface area contributed by atoms with Gasteiger partial charge in [-0.3, -0.25) is 4.79 Å². The van der Waals surface area contributed by atoms with Crippen molar-refractivity contribution in [3.63, 3.8) is 0 Å². The van der Waals surface area contributed by atoms with E-state index in [1.54, 1.807) is 13.2 Å². The van der Waals surface area contributed by atoms with Gasteiger partial charge >= 0.3 is 0 Å². The average molecular weight is 370 g/mol. The lowest BCUT2D eigenvalue weighted by Crippen LogP contribution is -2.09. The summed E-state index contributed by atoms with van der Waals surface area (Å²) in [4.78, 5) is 15.8. The molecule has 26 heavy (non-hydrogen) atoms. The van der Waals surface area contributed by atoms with Crippen LogP contribution in [-0.4, -0.2) is 31.4 Å². The average Bonchev–Trinajstić information content (AvgIpc) is 2.97. The molecule has 0 bridgehead atoms. The van der Waals surface area contributed by atoms with Gasteiger partial charge in [-0.05, 0) is 47.7 Å². The molecule has 2 N–H and O–H groups in total. The second-order valence-electron chi connectivity index (χ2n) is 5.28. The predicted molar refractivity (Wildman–Crippen MR) is 103 cm³/mol. The summed E-state index contributed by atoms with van der Waals surface area (Å²) in [5.74, 6) is 1.79. The maximum Gasteiger partial charge on any atom is 0.286 e. The summed E-state index contributed by atoms with van der Waals surface area (Å²) >= 11 is 1.17. The van der Waals surface area contributed by atoms with E-state index in [1.165, 1.54) is 11.8 Å². The smallest absolute Gasteiger partial charge is 0.286 e. The highest BCUT2D eigenvalue weighted by atomic mass is 32.2. The molecule has 134 valence electrons. The molecule has 0 aliphatic carbocycles. The Morgan fingerprint density at radius 3 is 2.38 bits per heavy atom. The van der Waals surface area contributed by atoms with Crippen molar-refractivity contribution in [3.8, 4) is 17.2 Å². The number of nitrogens with two attached hydrogens (primary N) is 1. The van der Waals surface area contributed by atoms with Crippen LogP contribution in [0.15, 0.2) is 58.4 Å². The first-order valence-electron chi connectivity index (χ1n) is 7.92. The third kappa shape index (κ3) is 4.58. The summed E-state index contributed by atoms with van der Waals surface area (Å²) in [5, 5.41) is 0.274. The number of rotatable bonds is 7. The minimum absolute atomic E-state index is 0.274. The van der Waals surface area contributed by atoms with Crippen molar-refractivity contribution < 1.29 is 19.0 Å². The zero-order valence-electron chi connectivity index (χ0n) is 14.2. The van der Waals surface area contributed by atoms with Crippen LogP contribution in [0.2, 0.25) is 0 Å². The first kappa shape index (κ1) is 17.9. The normalized spacial score (nSPS) is 15.0. The molecule has 7 heteroatoms. The van der Waals surface area contributed by atoms with E-state index in [0.717, 1.165) is 11.3 Å². The lowest BCUT2D eigenvalue weighted by Gasteiger charge is -2.11. The van der Waals surface area contributed by atoms with E-state index in [2.05, 4.69) is 4.99 Å². The zero-order chi connectivity index (χ0) is 18.4. The van der Waals surface area contributed by atoms with Crippen LogP contribution in [-0.2, 0) is 4.79 Å². The third-order valence-electron chi connectivity index (χ3n) is 3.49. The van der Waals surface area contributed by atoms with Crippen molar-refractivity contribution in [3.05, 3.63) is 59.0 Å². The molecule has 0 saturated heterocycles. The van der Waals surface area contributed by atoms with Gasteiger partial charge in [0.05, 0.1) is 12.0 Å². The van der Waals surface area contributed by atoms with Crippen LogP contribution in [0, 0.1) is 0 Å². The van der Waals surface area contributed by atoms with E-state index in [0.29, 0.717) is 29.6 Å². The van der Waals surface area contributed by atoms with Crippen LogP contribution in [0.25, 0.3) is 6.08 Å². The summed E-state index contributed by atoms with van der Waals surface area (Å²) in [5.41, 5.74) is 6.41. The monoisotopic (exact) mass is 370 g/mol. The maximum atomic E-state index is 11.6. The summed E-state index contributed by atoms with van der Waals surface area (Å²) in [6.45, 7) is 0.797. The van der Waals surface area contributed by atoms with Crippen molar-refractivity contribution >= 4 is 28.9 Å². The lowest BCUT2D eigenvalue weighted by molar-refractivity contribution is -0.113. The fourth-order valence-electron chi connectivity index (χ4n) is 2.29. The standard InChI is InChI=1S/C19H18N2O4S/c1-23-15-4-2-3-5-16(15)25-11-10-24-14-8-6-13(7-9-14)12-17-18(22)21-19(20)26-17/h2-9,12H,10-11H2,1H3,(H2,20,21,22)/b17-12+. The number of methoxy groups -OCH3 is 1. The van der Waals surface area contributed by atoms with E-state index in [1.807, 2.05) is 48.5 Å². The van der Waals surface area contributed by atoms with Crippen LogP contribution in [0.1, 0.15) is 5.56 Å². The number of amides is 1. The van der Waals surface area contributed by atoms with Gasteiger partial charge in [-0.25, -0.2) is 0 Å². The number of nitrogens with zero attached hydrogens (tertiary/aromatic N) is 1. The first-order chi connectivity index (χ1) is 12.7. The SMILES string of the molecule is COc1ccccc1OCCOc1ccc(/C=C2/SC(N)=NC2=O)cc1. The second kappa shape index (κ2) is 8.44. The van der Waals surface area contributed by atoms with Crippen LogP contribution in [0.5, 0.6) is 17.2 Å². The number of amidine groups is 1. The molecule has 0 atom stereocenters. The first-order valence-corrected chi connectivity index (χ1v) is 8.74. The van der Waals surface area contributed by atoms with Crippen molar-refractivity contribution in [2.24, 2.45) is 10.7 Å². The summed E-state index contributed by atoms with van der Waals surface area (Å²) < 4.78 is 16.6. The number of para-hydroxylation sites is 2. The fraction of sp³-hybridized carbons (Fsp3) is 0.158. The number of carbonyl (C=O) groups excluding carboxylic acids is 1. The summed E-state index contributed by atoms with van der Waals surface area (Å²) in [6, 6.07) is 14.9. The van der Waals surface area contributed by atoms with Gasteiger partial charge in [-0.1, -0.05) is 24.3 Å². The second-order valence-corrected chi connectivity index (χ2v) is 6.34. The van der Waals surface area contributed by atoms with E-state index >= 15 is 0 Å². The van der Waals surface area contributed by atoms with Gasteiger partial charge in [-0.2, -0.15) is 4.99 Å². The number of hydrogen-bond donors (Lipinski definition) is 1. The molecule has 0 spiro atoms. The highest BCUT2D eigenvalue weighted by Crippen LogP contribution is 2.27. The molecule has 1 heterocycles. The Kier molecular flexibility index (Phi) is 5.80. The molecule has 0 aromatic heterocycles. The quantitative estimate of drug-likeness (QED) is 0.596. The van der Waals surface area contributed by atoms with Gasteiger partial charge in [0.25, 0.3) is 5.91 Å². The molecule has 0 saturated carbocycles. The molecule has 2 aromatic carbocycles. The molecule has 0 radical (unpaired) electrons. The lowest BCUT2D eigenvalue weighted by atomic mass is 10.2. The van der Waals surface area contributed by atoms with Gasteiger partial charge in [-0.15, -0.1) is 0 Å². The third-order valence-corrected chi connectivity index (χ3v) is 4.31. The van der Waals surface area contributed by atoms with Crippen LogP contribution >= 0.6 is 11.8 Å². The number of hydrogen-bond acceptors (Lipinski definition) is 6. The summed E-state index contributed by atoms with van der Waals surface area (Å²) in [7, 11) is 1.60. The van der Waals surface area contributed by atoms with E-state index < -0.39 is 0 Å². The fourth-order valence-corrected chi connectivity index (χ4v) is 2.97. The number of thioether (sulfide) groups is 1. The Hall–Kier alpha value is -2.93. The Bertz CT molecular complexity index is 847. The van der Waals surface area contributed by atoms with Gasteiger partial charge in [0.15, 0.2) is 16.7 Å². The van der Waals surface area contributed by atoms with E-state index in [9.17, 15) is 4.79 Å². The minimum atomic E-state index is -0.304. The Balaban J connectivity index is 1.49. The number of carbonyl (C=O) groups is 1. The minimum Gasteiger partial charge on any atom is -0.493 e. The molecule has 3 rings (SSSR count). The Morgan fingerprint density at radius 1 is 1.04 bits per heavy atom. The largest absolute Gasteiger partial charge is 0.493 e. The van der Waals surface area contributed by atoms with Crippen molar-refractivity contribution in [2.75, 3.05) is 20.3 Å². The van der Waals surface area contributed by atoms with Gasteiger partial charge in [0.2, 0.25) is 0 Å². The molecular formula is C19H18N2O4S. The van der Waals surface area contributed by atoms with Crippen molar-refractivity contribution in [1.29, 1.82) is 0 Å². The highest BCUT2D eigenvalue weighted by molar-refractivity contribution is 8.18. The Labute approximate surface area is 155 Å².